The van der Waals surface area contributed by atoms with Crippen LogP contribution >= 0.6 is 0 Å². The van der Waals surface area contributed by atoms with Gasteiger partial charge in [-0.2, -0.15) is 4.99 Å². The molecule has 1 aliphatic carbocycles. The summed E-state index contributed by atoms with van der Waals surface area (Å²) in [6.45, 7) is 0.621. The molecule has 4 rings (SSSR count). The molecule has 0 aromatic heterocycles. The van der Waals surface area contributed by atoms with Gasteiger partial charge in [0.1, 0.15) is 12.4 Å². The maximum atomic E-state index is 11.9. The third-order valence-corrected chi connectivity index (χ3v) is 4.45. The number of amides is 2. The number of ether oxygens (including phenoxy) is 1. The first kappa shape index (κ1) is 11.0. The largest absolute Gasteiger partial charge is 0.488 e. The average molecular weight is 256 g/mol. The van der Waals surface area contributed by atoms with Crippen molar-refractivity contribution in [2.45, 2.75) is 37.6 Å². The van der Waals surface area contributed by atoms with Crippen molar-refractivity contribution in [2.75, 3.05) is 6.61 Å². The van der Waals surface area contributed by atoms with Gasteiger partial charge in [-0.15, -0.1) is 0 Å². The molecule has 2 amide bonds. The maximum Gasteiger partial charge on any atom is 0.342 e. The maximum absolute atomic E-state index is 11.9. The van der Waals surface area contributed by atoms with Gasteiger partial charge in [-0.05, 0) is 31.1 Å². The zero-order valence-corrected chi connectivity index (χ0v) is 10.7. The second-order valence-electron chi connectivity index (χ2n) is 5.58. The monoisotopic (exact) mass is 256 g/mol. The Morgan fingerprint density at radius 1 is 1.21 bits per heavy atom. The van der Waals surface area contributed by atoms with Crippen LogP contribution in [-0.2, 0) is 5.54 Å². The Morgan fingerprint density at radius 2 is 2.05 bits per heavy atom. The Hall–Kier alpha value is -1.84. The SMILES string of the molecule is O=C1N=c2ccc3c(c2C2(CCCCC2)N1)OCC=3. The number of nitrogens with zero attached hydrogens (tertiary/aromatic N) is 1. The number of carbonyl (C=O) groups excluding carboxylic acids is 1. The number of fused-ring (bicyclic) bond motifs is 4. The topological polar surface area (TPSA) is 50.7 Å². The zero-order chi connectivity index (χ0) is 12.9. The fourth-order valence-corrected chi connectivity index (χ4v) is 3.61. The molecule has 1 spiro atoms. The highest BCUT2D eigenvalue weighted by Gasteiger charge is 2.41. The lowest BCUT2D eigenvalue weighted by Gasteiger charge is -2.40. The van der Waals surface area contributed by atoms with Crippen LogP contribution < -0.4 is 20.6 Å². The fraction of sp³-hybridized carbons (Fsp3) is 0.467. The van der Waals surface area contributed by atoms with Gasteiger partial charge >= 0.3 is 6.03 Å². The van der Waals surface area contributed by atoms with Crippen LogP contribution in [0.15, 0.2) is 17.1 Å². The number of rotatable bonds is 0. The normalized spacial score (nSPS) is 22.6. The third kappa shape index (κ3) is 1.52. The number of hydrogen-bond donors (Lipinski definition) is 1. The van der Waals surface area contributed by atoms with Gasteiger partial charge in [-0.25, -0.2) is 4.79 Å². The highest BCUT2D eigenvalue weighted by atomic mass is 16.5. The van der Waals surface area contributed by atoms with Crippen LogP contribution in [-0.4, -0.2) is 12.6 Å². The molecular weight excluding hydrogens is 240 g/mol. The third-order valence-electron chi connectivity index (χ3n) is 4.45. The Morgan fingerprint density at radius 3 is 2.89 bits per heavy atom. The van der Waals surface area contributed by atoms with E-state index < -0.39 is 0 Å². The molecule has 3 aliphatic rings. The van der Waals surface area contributed by atoms with Gasteiger partial charge < -0.3 is 10.1 Å². The van der Waals surface area contributed by atoms with Crippen LogP contribution in [0.5, 0.6) is 5.75 Å². The smallest absolute Gasteiger partial charge is 0.342 e. The molecule has 4 nitrogen and oxygen atoms in total. The van der Waals surface area contributed by atoms with Crippen LogP contribution in [0.25, 0.3) is 6.08 Å². The molecule has 0 unspecified atom stereocenters. The number of benzene rings is 1. The lowest BCUT2D eigenvalue weighted by molar-refractivity contribution is 0.199. The van der Waals surface area contributed by atoms with E-state index >= 15 is 0 Å². The minimum Gasteiger partial charge on any atom is -0.488 e. The lowest BCUT2D eigenvalue weighted by atomic mass is 9.75. The quantitative estimate of drug-likeness (QED) is 0.762. The van der Waals surface area contributed by atoms with Crippen LogP contribution in [0.2, 0.25) is 0 Å². The van der Waals surface area contributed by atoms with E-state index in [2.05, 4.69) is 16.4 Å². The van der Waals surface area contributed by atoms with Crippen molar-refractivity contribution in [1.29, 1.82) is 0 Å². The molecule has 1 saturated carbocycles. The summed E-state index contributed by atoms with van der Waals surface area (Å²) in [5, 5.41) is 5.04. The van der Waals surface area contributed by atoms with Crippen LogP contribution in [0.4, 0.5) is 4.79 Å². The highest BCUT2D eigenvalue weighted by Crippen LogP contribution is 2.40. The van der Waals surface area contributed by atoms with Gasteiger partial charge in [0.15, 0.2) is 0 Å². The van der Waals surface area contributed by atoms with Crippen molar-refractivity contribution in [1.82, 2.24) is 5.32 Å². The summed E-state index contributed by atoms with van der Waals surface area (Å²) < 4.78 is 5.79. The summed E-state index contributed by atoms with van der Waals surface area (Å²) in [7, 11) is 0. The summed E-state index contributed by atoms with van der Waals surface area (Å²) in [6.07, 6.45) is 7.59. The first-order valence-corrected chi connectivity index (χ1v) is 6.96. The number of hydrogen-bond acceptors (Lipinski definition) is 2. The molecule has 19 heavy (non-hydrogen) atoms. The summed E-state index contributed by atoms with van der Waals surface area (Å²) >= 11 is 0. The molecule has 0 saturated heterocycles. The van der Waals surface area contributed by atoms with E-state index in [0.29, 0.717) is 6.61 Å². The Kier molecular flexibility index (Phi) is 2.22. The molecule has 0 bridgehead atoms. The van der Waals surface area contributed by atoms with E-state index in [1.807, 2.05) is 12.1 Å². The highest BCUT2D eigenvalue weighted by molar-refractivity contribution is 5.78. The van der Waals surface area contributed by atoms with E-state index in [1.165, 1.54) is 6.42 Å². The van der Waals surface area contributed by atoms with Crippen LogP contribution in [0.3, 0.4) is 0 Å². The van der Waals surface area contributed by atoms with Gasteiger partial charge in [-0.1, -0.05) is 19.3 Å². The Bertz CT molecular complexity index is 672. The summed E-state index contributed by atoms with van der Waals surface area (Å²) in [5.41, 5.74) is 0.855. The molecule has 2 heterocycles. The van der Waals surface area contributed by atoms with Gasteiger partial charge in [0, 0.05) is 10.8 Å². The standard InChI is InChI=1S/C15H16N2O2/c18-14-16-11-5-4-10-6-9-19-13(10)12(11)15(17-14)7-2-1-3-8-15/h4-6H,1-3,7-9H2,(H,17,18). The predicted octanol–water partition coefficient (Wildman–Crippen LogP) is 1.36. The van der Waals surface area contributed by atoms with E-state index in [-0.39, 0.29) is 11.6 Å². The first-order chi connectivity index (χ1) is 9.28. The minimum absolute atomic E-state index is 0.212. The summed E-state index contributed by atoms with van der Waals surface area (Å²) in [5.74, 6) is 0.933. The summed E-state index contributed by atoms with van der Waals surface area (Å²) in [6, 6.07) is 3.74. The van der Waals surface area contributed by atoms with Gasteiger partial charge in [-0.3, -0.25) is 0 Å². The van der Waals surface area contributed by atoms with Crippen LogP contribution in [0.1, 0.15) is 37.7 Å². The van der Waals surface area contributed by atoms with E-state index in [1.54, 1.807) is 0 Å². The van der Waals surface area contributed by atoms with Crippen molar-refractivity contribution >= 4 is 12.1 Å². The van der Waals surface area contributed by atoms with Crippen molar-refractivity contribution < 1.29 is 9.53 Å². The predicted molar refractivity (Wildman–Crippen MR) is 70.5 cm³/mol. The molecule has 98 valence electrons. The van der Waals surface area contributed by atoms with Crippen molar-refractivity contribution in [3.63, 3.8) is 0 Å². The Labute approximate surface area is 111 Å². The van der Waals surface area contributed by atoms with Crippen LogP contribution in [0, 0.1) is 0 Å². The Balaban J connectivity index is 2.02. The lowest BCUT2D eigenvalue weighted by Crippen LogP contribution is -2.53. The van der Waals surface area contributed by atoms with E-state index in [9.17, 15) is 4.79 Å². The van der Waals surface area contributed by atoms with Crippen molar-refractivity contribution in [2.24, 2.45) is 4.99 Å². The fourth-order valence-electron chi connectivity index (χ4n) is 3.61. The number of urea groups is 1. The van der Waals surface area contributed by atoms with Gasteiger partial charge in [0.2, 0.25) is 0 Å². The molecular formula is C15H16N2O2. The van der Waals surface area contributed by atoms with E-state index in [0.717, 1.165) is 47.6 Å². The number of nitrogens with one attached hydrogen (secondary N) is 1. The molecule has 0 atom stereocenters. The van der Waals surface area contributed by atoms with Gasteiger partial charge in [0.25, 0.3) is 0 Å². The van der Waals surface area contributed by atoms with Crippen molar-refractivity contribution in [3.05, 3.63) is 28.3 Å². The van der Waals surface area contributed by atoms with E-state index in [4.69, 9.17) is 4.74 Å². The molecule has 1 aromatic rings. The zero-order valence-electron chi connectivity index (χ0n) is 10.7. The number of carbonyl (C=O) groups is 1. The second-order valence-corrected chi connectivity index (χ2v) is 5.58. The molecule has 1 fully saturated rings. The average Bonchev–Trinajstić information content (AvgIpc) is 2.87. The molecule has 1 N–H and O–H groups in total. The second kappa shape index (κ2) is 3.83. The first-order valence-electron chi connectivity index (χ1n) is 6.96. The molecule has 4 heteroatoms. The minimum atomic E-state index is -0.254. The van der Waals surface area contributed by atoms with Crippen molar-refractivity contribution in [3.8, 4) is 5.75 Å². The summed E-state index contributed by atoms with van der Waals surface area (Å²) in [4.78, 5) is 16.0. The molecule has 0 radical (unpaired) electrons. The molecule has 1 aromatic carbocycles. The molecule has 2 aliphatic heterocycles. The van der Waals surface area contributed by atoms with Gasteiger partial charge in [0.05, 0.1) is 10.9 Å².